The van der Waals surface area contributed by atoms with E-state index in [9.17, 15) is 23.2 Å². The van der Waals surface area contributed by atoms with Crippen LogP contribution in [-0.4, -0.2) is 35.4 Å². The summed E-state index contributed by atoms with van der Waals surface area (Å²) < 4.78 is 34.8. The Kier molecular flexibility index (Phi) is 7.52. The predicted molar refractivity (Wildman–Crippen MR) is 134 cm³/mol. The summed E-state index contributed by atoms with van der Waals surface area (Å²) >= 11 is 0. The van der Waals surface area contributed by atoms with Gasteiger partial charge in [0.05, 0.1) is 16.8 Å². The zero-order chi connectivity index (χ0) is 26.5. The van der Waals surface area contributed by atoms with Gasteiger partial charge in [0, 0.05) is 22.2 Å². The molecule has 4 rings (SSSR count). The smallest absolute Gasteiger partial charge is 0.387 e. The molecule has 0 aliphatic heterocycles. The first-order chi connectivity index (χ1) is 17.7. The molecule has 188 valence electrons. The second-order valence-electron chi connectivity index (χ2n) is 8.15. The van der Waals surface area contributed by atoms with Crippen LogP contribution in [0.3, 0.4) is 0 Å². The van der Waals surface area contributed by atoms with Crippen molar-refractivity contribution in [2.24, 2.45) is 0 Å². The maximum atomic E-state index is 13.1. The van der Waals surface area contributed by atoms with Crippen molar-refractivity contribution in [3.63, 3.8) is 0 Å². The third-order valence-corrected chi connectivity index (χ3v) is 5.52. The number of rotatable bonds is 8. The molecule has 37 heavy (non-hydrogen) atoms. The summed E-state index contributed by atoms with van der Waals surface area (Å²) in [4.78, 5) is 41.7. The van der Waals surface area contributed by atoms with Gasteiger partial charge in [0.15, 0.2) is 11.9 Å². The maximum Gasteiger partial charge on any atom is 0.387 e. The highest BCUT2D eigenvalue weighted by atomic mass is 19.3. The van der Waals surface area contributed by atoms with E-state index in [1.165, 1.54) is 32.0 Å². The Morgan fingerprint density at radius 2 is 1.59 bits per heavy atom. The van der Waals surface area contributed by atoms with E-state index in [2.05, 4.69) is 15.0 Å². The number of ether oxygens (including phenoxy) is 2. The van der Waals surface area contributed by atoms with Crippen molar-refractivity contribution < 1.29 is 32.6 Å². The average molecular weight is 504 g/mol. The minimum atomic E-state index is -2.94. The lowest BCUT2D eigenvalue weighted by molar-refractivity contribution is -0.123. The summed E-state index contributed by atoms with van der Waals surface area (Å²) in [5, 5.41) is 3.18. The van der Waals surface area contributed by atoms with Gasteiger partial charge in [-0.25, -0.2) is 9.78 Å². The van der Waals surface area contributed by atoms with Crippen molar-refractivity contribution in [3.05, 3.63) is 90.0 Å². The van der Waals surface area contributed by atoms with Gasteiger partial charge >= 0.3 is 12.6 Å². The molecular formula is C28H22F2N2O5. The van der Waals surface area contributed by atoms with E-state index >= 15 is 0 Å². The molecule has 7 nitrogen and oxygen atoms in total. The number of esters is 1. The van der Waals surface area contributed by atoms with Crippen LogP contribution in [0.1, 0.15) is 34.6 Å². The summed E-state index contributed by atoms with van der Waals surface area (Å²) in [5.41, 5.74) is 2.66. The van der Waals surface area contributed by atoms with Gasteiger partial charge in [-0.3, -0.25) is 9.59 Å². The van der Waals surface area contributed by atoms with Crippen LogP contribution in [0.4, 0.5) is 14.5 Å². The third kappa shape index (κ3) is 6.13. The molecule has 0 bridgehead atoms. The molecular weight excluding hydrogens is 482 g/mol. The first kappa shape index (κ1) is 25.4. The highest BCUT2D eigenvalue weighted by Crippen LogP contribution is 2.27. The van der Waals surface area contributed by atoms with Crippen LogP contribution in [0.25, 0.3) is 22.2 Å². The van der Waals surface area contributed by atoms with Gasteiger partial charge in [0.2, 0.25) is 0 Å². The molecule has 1 aromatic heterocycles. The molecule has 0 aliphatic carbocycles. The number of carbonyl (C=O) groups excluding carboxylic acids is 3. The number of hydrogen-bond acceptors (Lipinski definition) is 6. The summed E-state index contributed by atoms with van der Waals surface area (Å²) in [6.07, 6.45) is -1.12. The number of ketones is 1. The topological polar surface area (TPSA) is 94.6 Å². The molecule has 9 heteroatoms. The number of hydrogen-bond donors (Lipinski definition) is 1. The van der Waals surface area contributed by atoms with Crippen molar-refractivity contribution in [3.8, 4) is 17.0 Å². The monoisotopic (exact) mass is 504 g/mol. The molecule has 1 N–H and O–H groups in total. The lowest BCUT2D eigenvalue weighted by Gasteiger charge is -2.15. The number of benzene rings is 3. The quantitative estimate of drug-likeness (QED) is 0.238. The van der Waals surface area contributed by atoms with Gasteiger partial charge in [0.25, 0.3) is 5.91 Å². The second-order valence-corrected chi connectivity index (χ2v) is 8.15. The number of anilines is 1. The fourth-order valence-corrected chi connectivity index (χ4v) is 3.61. The minimum Gasteiger partial charge on any atom is -0.449 e. The Morgan fingerprint density at radius 1 is 0.919 bits per heavy atom. The summed E-state index contributed by atoms with van der Waals surface area (Å²) in [6.45, 7) is -0.0474. The molecule has 0 fully saturated rings. The number of Topliss-reactive ketones (excluding diaryl/α,β-unsaturated/α-hetero) is 1. The van der Waals surface area contributed by atoms with Gasteiger partial charge in [-0.15, -0.1) is 0 Å². The number of halogens is 2. The molecule has 0 aliphatic rings. The molecule has 1 heterocycles. The molecule has 0 saturated carbocycles. The fourth-order valence-electron chi connectivity index (χ4n) is 3.61. The molecule has 1 amide bonds. The fraction of sp³-hybridized carbons (Fsp3) is 0.143. The van der Waals surface area contributed by atoms with E-state index in [-0.39, 0.29) is 17.1 Å². The van der Waals surface area contributed by atoms with Crippen LogP contribution in [0.5, 0.6) is 5.75 Å². The molecule has 4 aromatic rings. The molecule has 1 unspecified atom stereocenters. The Labute approximate surface area is 211 Å². The van der Waals surface area contributed by atoms with E-state index < -0.39 is 24.6 Å². The van der Waals surface area contributed by atoms with E-state index in [1.54, 1.807) is 60.7 Å². The average Bonchev–Trinajstić information content (AvgIpc) is 2.88. The number of alkyl halides is 2. The standard InChI is InChI=1S/C28H22F2N2O5/c1-16(33)18-7-11-20(12-8-18)31-26(34)17(2)36-27(35)23-15-25(32-24-6-4-3-5-22(23)24)19-9-13-21(14-10-19)37-28(29)30/h3-15,17,28H,1-2H3,(H,31,34). The molecule has 0 radical (unpaired) electrons. The number of pyridine rings is 1. The van der Waals surface area contributed by atoms with Crippen LogP contribution >= 0.6 is 0 Å². The van der Waals surface area contributed by atoms with E-state index in [1.807, 2.05) is 0 Å². The first-order valence-corrected chi connectivity index (χ1v) is 11.3. The van der Waals surface area contributed by atoms with E-state index in [0.29, 0.717) is 33.4 Å². The predicted octanol–water partition coefficient (Wildman–Crippen LogP) is 5.89. The van der Waals surface area contributed by atoms with E-state index in [4.69, 9.17) is 4.74 Å². The van der Waals surface area contributed by atoms with Gasteiger partial charge in [0.1, 0.15) is 5.75 Å². The van der Waals surface area contributed by atoms with Crippen LogP contribution in [0, 0.1) is 0 Å². The number of carbonyl (C=O) groups is 3. The van der Waals surface area contributed by atoms with Crippen LogP contribution in [-0.2, 0) is 9.53 Å². The summed E-state index contributed by atoms with van der Waals surface area (Å²) in [5.74, 6) is -1.37. The number of nitrogens with zero attached hydrogens (tertiary/aromatic N) is 1. The normalized spacial score (nSPS) is 11.7. The van der Waals surface area contributed by atoms with Crippen molar-refractivity contribution in [2.75, 3.05) is 5.32 Å². The number of aromatic nitrogens is 1. The Balaban J connectivity index is 1.55. The molecule has 3 aromatic carbocycles. The second kappa shape index (κ2) is 10.9. The van der Waals surface area contributed by atoms with Crippen molar-refractivity contribution in [1.82, 2.24) is 4.98 Å². The Morgan fingerprint density at radius 3 is 2.24 bits per heavy atom. The third-order valence-electron chi connectivity index (χ3n) is 5.52. The molecule has 1 atom stereocenters. The van der Waals surface area contributed by atoms with Crippen LogP contribution in [0.2, 0.25) is 0 Å². The van der Waals surface area contributed by atoms with Gasteiger partial charge in [-0.05, 0) is 74.5 Å². The molecule has 0 spiro atoms. The lowest BCUT2D eigenvalue weighted by atomic mass is 10.0. The van der Waals surface area contributed by atoms with Crippen LogP contribution < -0.4 is 10.1 Å². The number of fused-ring (bicyclic) bond motifs is 1. The molecule has 0 saturated heterocycles. The minimum absolute atomic E-state index is 0.00468. The number of para-hydroxylation sites is 1. The highest BCUT2D eigenvalue weighted by Gasteiger charge is 2.22. The number of nitrogens with one attached hydrogen (secondary N) is 1. The highest BCUT2D eigenvalue weighted by molar-refractivity contribution is 6.06. The van der Waals surface area contributed by atoms with E-state index in [0.717, 1.165) is 0 Å². The Hall–Kier alpha value is -4.66. The van der Waals surface area contributed by atoms with Crippen molar-refractivity contribution in [2.45, 2.75) is 26.6 Å². The van der Waals surface area contributed by atoms with Gasteiger partial charge < -0.3 is 14.8 Å². The SMILES string of the molecule is CC(=O)c1ccc(NC(=O)C(C)OC(=O)c2cc(-c3ccc(OC(F)F)cc3)nc3ccccc23)cc1. The summed E-state index contributed by atoms with van der Waals surface area (Å²) in [6, 6.07) is 20.7. The Bertz CT molecular complexity index is 1450. The zero-order valence-corrected chi connectivity index (χ0v) is 19.9. The maximum absolute atomic E-state index is 13.1. The lowest BCUT2D eigenvalue weighted by Crippen LogP contribution is -2.30. The summed E-state index contributed by atoms with van der Waals surface area (Å²) in [7, 11) is 0. The van der Waals surface area contributed by atoms with Crippen molar-refractivity contribution >= 4 is 34.3 Å². The van der Waals surface area contributed by atoms with Gasteiger partial charge in [-0.2, -0.15) is 8.78 Å². The zero-order valence-electron chi connectivity index (χ0n) is 19.9. The van der Waals surface area contributed by atoms with Gasteiger partial charge in [-0.1, -0.05) is 18.2 Å². The first-order valence-electron chi connectivity index (χ1n) is 11.3. The largest absolute Gasteiger partial charge is 0.449 e. The van der Waals surface area contributed by atoms with Crippen LogP contribution in [0.15, 0.2) is 78.9 Å². The van der Waals surface area contributed by atoms with Crippen molar-refractivity contribution in [1.29, 1.82) is 0 Å². The number of amides is 1.